The van der Waals surface area contributed by atoms with Gasteiger partial charge in [0.15, 0.2) is 0 Å². The maximum absolute atomic E-state index is 10.7. The molecule has 64 valence electrons. The quantitative estimate of drug-likeness (QED) is 0.497. The van der Waals surface area contributed by atoms with E-state index >= 15 is 0 Å². The first-order chi connectivity index (χ1) is 5.20. The summed E-state index contributed by atoms with van der Waals surface area (Å²) in [7, 11) is 1.64. The second-order valence-corrected chi connectivity index (χ2v) is 1.94. The molecule has 0 atom stereocenters. The summed E-state index contributed by atoms with van der Waals surface area (Å²) in [6, 6.07) is -0.451. The average molecular weight is 159 g/mol. The molecule has 0 aromatic heterocycles. The van der Waals surface area contributed by atoms with Gasteiger partial charge in [0.2, 0.25) is 5.91 Å². The lowest BCUT2D eigenvalue weighted by atomic mass is 10.6. The van der Waals surface area contributed by atoms with E-state index < -0.39 is 6.03 Å². The van der Waals surface area contributed by atoms with E-state index in [0.717, 1.165) is 0 Å². The number of carbonyl (C=O) groups is 2. The van der Waals surface area contributed by atoms with E-state index in [1.807, 2.05) is 0 Å². The molecule has 3 amide bonds. The summed E-state index contributed by atoms with van der Waals surface area (Å²) in [6.45, 7) is 2.44. The molecular formula is C6H13N3O2. The van der Waals surface area contributed by atoms with Gasteiger partial charge in [-0.05, 0) is 14.0 Å². The highest BCUT2D eigenvalue weighted by Gasteiger charge is 2.03. The lowest BCUT2D eigenvalue weighted by Crippen LogP contribution is -2.42. The van der Waals surface area contributed by atoms with Gasteiger partial charge in [0, 0.05) is 6.54 Å². The molecule has 5 nitrogen and oxygen atoms in total. The van der Waals surface area contributed by atoms with Crippen LogP contribution in [0.2, 0.25) is 0 Å². The SMILES string of the molecule is CCNC(=O)NC(=O)CNC. The Balaban J connectivity index is 3.49. The number of amides is 3. The van der Waals surface area contributed by atoms with Crippen LogP contribution < -0.4 is 16.0 Å². The van der Waals surface area contributed by atoms with Crippen LogP contribution >= 0.6 is 0 Å². The Labute approximate surface area is 65.5 Å². The van der Waals surface area contributed by atoms with Gasteiger partial charge < -0.3 is 10.6 Å². The molecule has 5 heteroatoms. The molecule has 0 aliphatic rings. The zero-order valence-corrected chi connectivity index (χ0v) is 6.73. The Morgan fingerprint density at radius 1 is 1.36 bits per heavy atom. The maximum Gasteiger partial charge on any atom is 0.321 e. The molecule has 0 aliphatic heterocycles. The van der Waals surface area contributed by atoms with Gasteiger partial charge in [-0.3, -0.25) is 10.1 Å². The Morgan fingerprint density at radius 3 is 2.45 bits per heavy atom. The van der Waals surface area contributed by atoms with Gasteiger partial charge in [0.1, 0.15) is 0 Å². The minimum atomic E-state index is -0.451. The van der Waals surface area contributed by atoms with Crippen molar-refractivity contribution in [2.24, 2.45) is 0 Å². The minimum Gasteiger partial charge on any atom is -0.338 e. The topological polar surface area (TPSA) is 70.2 Å². The van der Waals surface area contributed by atoms with Crippen molar-refractivity contribution < 1.29 is 9.59 Å². The van der Waals surface area contributed by atoms with Crippen LogP contribution in [0, 0.1) is 0 Å². The number of likely N-dealkylation sites (N-methyl/N-ethyl adjacent to an activating group) is 1. The molecule has 0 unspecified atom stereocenters. The number of hydrogen-bond donors (Lipinski definition) is 3. The highest BCUT2D eigenvalue weighted by atomic mass is 16.2. The summed E-state index contributed by atoms with van der Waals surface area (Å²) in [5, 5.41) is 7.19. The minimum absolute atomic E-state index is 0.150. The zero-order valence-electron chi connectivity index (χ0n) is 6.73. The Bertz CT molecular complexity index is 131. The van der Waals surface area contributed by atoms with Gasteiger partial charge in [-0.15, -0.1) is 0 Å². The summed E-state index contributed by atoms with van der Waals surface area (Å²) in [6.07, 6.45) is 0. The van der Waals surface area contributed by atoms with E-state index in [0.29, 0.717) is 6.54 Å². The fourth-order valence-electron chi connectivity index (χ4n) is 0.536. The van der Waals surface area contributed by atoms with Gasteiger partial charge in [0.05, 0.1) is 6.54 Å². The first-order valence-electron chi connectivity index (χ1n) is 3.43. The molecule has 0 fully saturated rings. The molecular weight excluding hydrogens is 146 g/mol. The molecule has 0 spiro atoms. The summed E-state index contributed by atoms with van der Waals surface area (Å²) in [4.78, 5) is 21.4. The number of rotatable bonds is 3. The van der Waals surface area contributed by atoms with Crippen LogP contribution in [-0.2, 0) is 4.79 Å². The molecule has 11 heavy (non-hydrogen) atoms. The summed E-state index contributed by atoms with van der Waals surface area (Å²) >= 11 is 0. The van der Waals surface area contributed by atoms with Gasteiger partial charge in [-0.2, -0.15) is 0 Å². The normalized spacial score (nSPS) is 8.91. The smallest absolute Gasteiger partial charge is 0.321 e. The lowest BCUT2D eigenvalue weighted by Gasteiger charge is -2.02. The maximum atomic E-state index is 10.7. The van der Waals surface area contributed by atoms with E-state index in [1.165, 1.54) is 0 Å². The third kappa shape index (κ3) is 5.35. The Kier molecular flexibility index (Phi) is 5.10. The molecule has 3 N–H and O–H groups in total. The molecule has 0 aliphatic carbocycles. The highest BCUT2D eigenvalue weighted by molar-refractivity contribution is 5.95. The Hall–Kier alpha value is -1.10. The second-order valence-electron chi connectivity index (χ2n) is 1.94. The van der Waals surface area contributed by atoms with Crippen LogP contribution in [0.4, 0.5) is 4.79 Å². The molecule has 0 aromatic carbocycles. The predicted octanol–water partition coefficient (Wildman–Crippen LogP) is -0.948. The highest BCUT2D eigenvalue weighted by Crippen LogP contribution is 1.65. The number of imide groups is 1. The van der Waals surface area contributed by atoms with Gasteiger partial charge in [0.25, 0.3) is 0 Å². The first kappa shape index (κ1) is 9.90. The molecule has 0 heterocycles. The van der Waals surface area contributed by atoms with Crippen LogP contribution in [0.3, 0.4) is 0 Å². The van der Waals surface area contributed by atoms with Crippen molar-refractivity contribution in [1.82, 2.24) is 16.0 Å². The summed E-state index contributed by atoms with van der Waals surface area (Å²) < 4.78 is 0. The molecule has 0 rings (SSSR count). The van der Waals surface area contributed by atoms with Crippen molar-refractivity contribution in [1.29, 1.82) is 0 Å². The van der Waals surface area contributed by atoms with Crippen LogP contribution in [0.5, 0.6) is 0 Å². The monoisotopic (exact) mass is 159 g/mol. The van der Waals surface area contributed by atoms with Gasteiger partial charge >= 0.3 is 6.03 Å². The fourth-order valence-corrected chi connectivity index (χ4v) is 0.536. The van der Waals surface area contributed by atoms with E-state index in [1.54, 1.807) is 14.0 Å². The second kappa shape index (κ2) is 5.67. The standard InChI is InChI=1S/C6H13N3O2/c1-3-8-6(11)9-5(10)4-7-2/h7H,3-4H2,1-2H3,(H2,8,9,10,11). The summed E-state index contributed by atoms with van der Waals surface area (Å²) in [5.41, 5.74) is 0. The van der Waals surface area contributed by atoms with Crippen LogP contribution in [0.1, 0.15) is 6.92 Å². The first-order valence-corrected chi connectivity index (χ1v) is 3.43. The van der Waals surface area contributed by atoms with E-state index in [2.05, 4.69) is 16.0 Å². The largest absolute Gasteiger partial charge is 0.338 e. The Morgan fingerprint density at radius 2 is 2.00 bits per heavy atom. The van der Waals surface area contributed by atoms with E-state index in [9.17, 15) is 9.59 Å². The van der Waals surface area contributed by atoms with Crippen LogP contribution in [0.15, 0.2) is 0 Å². The molecule has 0 aromatic rings. The van der Waals surface area contributed by atoms with Crippen molar-refractivity contribution in [3.05, 3.63) is 0 Å². The number of urea groups is 1. The lowest BCUT2D eigenvalue weighted by molar-refractivity contribution is -0.119. The summed E-state index contributed by atoms with van der Waals surface area (Å²) in [5.74, 6) is -0.335. The fraction of sp³-hybridized carbons (Fsp3) is 0.667. The number of nitrogens with one attached hydrogen (secondary N) is 3. The molecule has 0 saturated heterocycles. The zero-order chi connectivity index (χ0) is 8.69. The van der Waals surface area contributed by atoms with E-state index in [-0.39, 0.29) is 12.5 Å². The number of hydrogen-bond acceptors (Lipinski definition) is 3. The third-order valence-corrected chi connectivity index (χ3v) is 0.928. The van der Waals surface area contributed by atoms with Crippen molar-refractivity contribution >= 4 is 11.9 Å². The molecule has 0 radical (unpaired) electrons. The van der Waals surface area contributed by atoms with Crippen molar-refractivity contribution in [3.8, 4) is 0 Å². The predicted molar refractivity (Wildman–Crippen MR) is 41.1 cm³/mol. The number of carbonyl (C=O) groups excluding carboxylic acids is 2. The van der Waals surface area contributed by atoms with Crippen LogP contribution in [0.25, 0.3) is 0 Å². The third-order valence-electron chi connectivity index (χ3n) is 0.928. The molecule has 0 saturated carbocycles. The van der Waals surface area contributed by atoms with E-state index in [4.69, 9.17) is 0 Å². The van der Waals surface area contributed by atoms with Crippen molar-refractivity contribution in [2.45, 2.75) is 6.92 Å². The molecule has 0 bridgehead atoms. The van der Waals surface area contributed by atoms with Gasteiger partial charge in [-0.1, -0.05) is 0 Å². The van der Waals surface area contributed by atoms with Crippen molar-refractivity contribution in [3.63, 3.8) is 0 Å². The van der Waals surface area contributed by atoms with Crippen molar-refractivity contribution in [2.75, 3.05) is 20.1 Å². The van der Waals surface area contributed by atoms with Gasteiger partial charge in [-0.25, -0.2) is 4.79 Å². The average Bonchev–Trinajstić information content (AvgIpc) is 1.87. The van der Waals surface area contributed by atoms with Crippen LogP contribution in [-0.4, -0.2) is 32.1 Å².